The standard InChI is InChI=1S/C97H70N8/c1-97(2)89-64-82(103(92-44-16-20-56-99-92)79-41-25-38-75(61-79)69-31-11-5-12-32-69)51-53-83(89)85-65-87-88(66-90(85)97)95(105(94-46-18-22-58-101-94)80-42-26-39-76(62-80)70-33-13-6-14-34-70)84-54-52-81(102(91-43-15-19-55-98-91)78-40-24-37-74(60-78)68-29-9-4-10-30-68)63-86(84)96(87)104(93-45-17-21-57-100-93)77-49-47-71(48-50-77)73-36-23-35-72(59-73)67-27-7-3-8-28-67/h3-66H,1-2H3. The molecule has 1 aliphatic rings. The van der Waals surface area contributed by atoms with E-state index in [9.17, 15) is 0 Å². The summed E-state index contributed by atoms with van der Waals surface area (Å²) in [7, 11) is 0. The van der Waals surface area contributed by atoms with Crippen LogP contribution in [0, 0.1) is 0 Å². The molecule has 0 saturated heterocycles. The Kier molecular flexibility index (Phi) is 16.5. The van der Waals surface area contributed by atoms with Crippen molar-refractivity contribution in [3.63, 3.8) is 0 Å². The van der Waals surface area contributed by atoms with Crippen LogP contribution in [0.5, 0.6) is 0 Å². The molecule has 1 aliphatic carbocycles. The Balaban J connectivity index is 0.937. The van der Waals surface area contributed by atoms with E-state index in [4.69, 9.17) is 19.9 Å². The first-order chi connectivity index (χ1) is 51.8. The molecule has 13 aromatic carbocycles. The molecule has 17 aromatic rings. The van der Waals surface area contributed by atoms with Gasteiger partial charge in [0.05, 0.1) is 11.4 Å². The molecular weight excluding hydrogens is 1280 g/mol. The fraction of sp³-hybridized carbons (Fsp3) is 0.0309. The predicted molar refractivity (Wildman–Crippen MR) is 436 cm³/mol. The Bertz CT molecular complexity index is 5990. The van der Waals surface area contributed by atoms with Gasteiger partial charge in [-0.15, -0.1) is 0 Å². The summed E-state index contributed by atoms with van der Waals surface area (Å²) in [6.45, 7) is 4.77. The van der Waals surface area contributed by atoms with Crippen LogP contribution in [0.4, 0.5) is 68.8 Å². The lowest BCUT2D eigenvalue weighted by atomic mass is 9.81. The smallest absolute Gasteiger partial charge is 0.137 e. The molecule has 0 radical (unpaired) electrons. The van der Waals surface area contributed by atoms with Gasteiger partial charge in [-0.05, 0) is 217 Å². The third-order valence-electron chi connectivity index (χ3n) is 20.4. The van der Waals surface area contributed by atoms with E-state index < -0.39 is 5.41 Å². The molecule has 4 aromatic heterocycles. The van der Waals surface area contributed by atoms with Crippen LogP contribution in [0.2, 0.25) is 0 Å². The highest BCUT2D eigenvalue weighted by Gasteiger charge is 2.39. The maximum atomic E-state index is 5.36. The summed E-state index contributed by atoms with van der Waals surface area (Å²) < 4.78 is 0. The van der Waals surface area contributed by atoms with E-state index >= 15 is 0 Å². The predicted octanol–water partition coefficient (Wildman–Crippen LogP) is 26.1. The highest BCUT2D eigenvalue weighted by atomic mass is 15.2. The number of anilines is 12. The van der Waals surface area contributed by atoms with Gasteiger partial charge in [0.1, 0.15) is 23.3 Å². The van der Waals surface area contributed by atoms with Gasteiger partial charge in [0, 0.05) is 85.9 Å². The molecule has 498 valence electrons. The van der Waals surface area contributed by atoms with Crippen molar-refractivity contribution in [2.45, 2.75) is 19.3 Å². The van der Waals surface area contributed by atoms with Gasteiger partial charge in [0.2, 0.25) is 0 Å². The van der Waals surface area contributed by atoms with Gasteiger partial charge in [-0.3, -0.25) is 19.6 Å². The average Bonchev–Trinajstić information content (AvgIpc) is 1.65. The molecule has 0 spiro atoms. The van der Waals surface area contributed by atoms with Gasteiger partial charge in [0.25, 0.3) is 0 Å². The lowest BCUT2D eigenvalue weighted by Crippen LogP contribution is -2.18. The minimum Gasteiger partial charge on any atom is -0.295 e. The van der Waals surface area contributed by atoms with Crippen molar-refractivity contribution in [3.8, 4) is 66.8 Å². The summed E-state index contributed by atoms with van der Waals surface area (Å²) >= 11 is 0. The maximum Gasteiger partial charge on any atom is 0.137 e. The van der Waals surface area contributed by atoms with Crippen molar-refractivity contribution >= 4 is 90.3 Å². The van der Waals surface area contributed by atoms with Crippen LogP contribution in [0.3, 0.4) is 0 Å². The third-order valence-corrected chi connectivity index (χ3v) is 20.4. The first kappa shape index (κ1) is 63.4. The first-order valence-corrected chi connectivity index (χ1v) is 35.6. The van der Waals surface area contributed by atoms with Crippen LogP contribution in [0.25, 0.3) is 88.3 Å². The van der Waals surface area contributed by atoms with E-state index in [1.807, 2.05) is 49.1 Å². The quantitative estimate of drug-likeness (QED) is 0.0660. The molecule has 0 bridgehead atoms. The van der Waals surface area contributed by atoms with E-state index in [1.54, 1.807) is 0 Å². The molecule has 0 fully saturated rings. The summed E-state index contributed by atoms with van der Waals surface area (Å²) in [5, 5.41) is 4.00. The van der Waals surface area contributed by atoms with Crippen molar-refractivity contribution < 1.29 is 0 Å². The molecule has 0 saturated carbocycles. The monoisotopic (exact) mass is 1350 g/mol. The Morgan fingerprint density at radius 3 is 0.962 bits per heavy atom. The van der Waals surface area contributed by atoms with Crippen LogP contribution in [0.1, 0.15) is 25.0 Å². The van der Waals surface area contributed by atoms with E-state index in [1.165, 1.54) is 16.7 Å². The number of rotatable bonds is 17. The molecule has 0 N–H and O–H groups in total. The summed E-state index contributed by atoms with van der Waals surface area (Å²) in [4.78, 5) is 30.2. The van der Waals surface area contributed by atoms with Crippen molar-refractivity contribution in [1.82, 2.24) is 19.9 Å². The highest BCUT2D eigenvalue weighted by molar-refractivity contribution is 6.25. The van der Waals surface area contributed by atoms with Crippen LogP contribution in [-0.2, 0) is 5.41 Å². The van der Waals surface area contributed by atoms with E-state index in [-0.39, 0.29) is 0 Å². The Labute approximate surface area is 612 Å². The summed E-state index contributed by atoms with van der Waals surface area (Å²) in [5.74, 6) is 3.11. The lowest BCUT2D eigenvalue weighted by Gasteiger charge is -2.33. The topological polar surface area (TPSA) is 64.5 Å². The highest BCUT2D eigenvalue weighted by Crippen LogP contribution is 2.58. The van der Waals surface area contributed by atoms with Crippen molar-refractivity contribution in [2.75, 3.05) is 19.6 Å². The molecule has 0 atom stereocenters. The SMILES string of the molecule is CC1(C)c2cc(N(c3cccc(-c4ccccc4)c3)c3ccccn3)ccc2-c2cc3c(N(c4ccc(-c5cccc(-c6ccccc6)c5)cc4)c4ccccn4)c4cc(N(c5cccc(-c6ccccc6)c5)c5ccccn5)ccc4c(N(c4cccc(-c5ccccc5)c4)c4ccccn4)c3cc21. The minimum absolute atomic E-state index is 0.526. The molecule has 4 heterocycles. The molecule has 8 heteroatoms. The molecule has 18 rings (SSSR count). The number of fused-ring (bicyclic) bond motifs is 5. The van der Waals surface area contributed by atoms with Gasteiger partial charge < -0.3 is 0 Å². The summed E-state index contributed by atoms with van der Waals surface area (Å²) in [6.07, 6.45) is 7.56. The zero-order valence-electron chi connectivity index (χ0n) is 58.0. The lowest BCUT2D eigenvalue weighted by molar-refractivity contribution is 0.661. The molecule has 8 nitrogen and oxygen atoms in total. The normalized spacial score (nSPS) is 12.0. The van der Waals surface area contributed by atoms with Crippen molar-refractivity contribution in [3.05, 3.63) is 400 Å². The van der Waals surface area contributed by atoms with Crippen molar-refractivity contribution in [2.24, 2.45) is 0 Å². The van der Waals surface area contributed by atoms with Crippen molar-refractivity contribution in [1.29, 1.82) is 0 Å². The largest absolute Gasteiger partial charge is 0.295 e. The van der Waals surface area contributed by atoms with Crippen LogP contribution in [0.15, 0.2) is 389 Å². The number of hydrogen-bond donors (Lipinski definition) is 0. The fourth-order valence-electron chi connectivity index (χ4n) is 15.3. The summed E-state index contributed by atoms with van der Waals surface area (Å²) in [6, 6.07) is 130. The first-order valence-electron chi connectivity index (χ1n) is 35.6. The zero-order valence-corrected chi connectivity index (χ0v) is 58.0. The van der Waals surface area contributed by atoms with E-state index in [2.05, 4.69) is 373 Å². The maximum absolute atomic E-state index is 5.36. The van der Waals surface area contributed by atoms with Gasteiger partial charge >= 0.3 is 0 Å². The minimum atomic E-state index is -0.526. The summed E-state index contributed by atoms with van der Waals surface area (Å²) in [5.41, 5.74) is 23.1. The van der Waals surface area contributed by atoms with Crippen LogP contribution < -0.4 is 19.6 Å². The fourth-order valence-corrected chi connectivity index (χ4v) is 15.3. The second kappa shape index (κ2) is 27.3. The van der Waals surface area contributed by atoms with Crippen LogP contribution in [-0.4, -0.2) is 19.9 Å². The zero-order chi connectivity index (χ0) is 70.2. The van der Waals surface area contributed by atoms with E-state index in [0.717, 1.165) is 152 Å². The van der Waals surface area contributed by atoms with Gasteiger partial charge in [-0.2, -0.15) is 0 Å². The number of nitrogens with zero attached hydrogens (tertiary/aromatic N) is 8. The third kappa shape index (κ3) is 12.0. The molecule has 105 heavy (non-hydrogen) atoms. The molecular formula is C97H70N8. The number of benzene rings is 13. The molecule has 0 aliphatic heterocycles. The molecule has 0 unspecified atom stereocenters. The number of aromatic nitrogens is 4. The Morgan fingerprint density at radius 1 is 0.200 bits per heavy atom. The second-order valence-electron chi connectivity index (χ2n) is 27.1. The number of hydrogen-bond acceptors (Lipinski definition) is 8. The van der Waals surface area contributed by atoms with Gasteiger partial charge in [-0.1, -0.05) is 238 Å². The van der Waals surface area contributed by atoms with Crippen LogP contribution >= 0.6 is 0 Å². The van der Waals surface area contributed by atoms with Gasteiger partial charge in [-0.25, -0.2) is 19.9 Å². The number of pyridine rings is 4. The Morgan fingerprint density at radius 2 is 0.514 bits per heavy atom. The average molecular weight is 1350 g/mol. The Hall–Kier alpha value is -13.8. The second-order valence-corrected chi connectivity index (χ2v) is 27.1. The van der Waals surface area contributed by atoms with E-state index in [0.29, 0.717) is 0 Å². The van der Waals surface area contributed by atoms with Gasteiger partial charge in [0.15, 0.2) is 0 Å². The molecule has 0 amide bonds.